The van der Waals surface area contributed by atoms with Crippen LogP contribution in [0, 0.1) is 46.3 Å². The van der Waals surface area contributed by atoms with Gasteiger partial charge >= 0.3 is 20.8 Å². The number of allylic oxidation sites excluding steroid dienone is 1. The molecule has 0 amide bonds. The van der Waals surface area contributed by atoms with E-state index in [0.29, 0.717) is 42.4 Å². The molecule has 0 aromatic carbocycles. The van der Waals surface area contributed by atoms with Crippen LogP contribution in [-0.2, 0) is 29.2 Å². The van der Waals surface area contributed by atoms with Gasteiger partial charge in [0.05, 0.1) is 6.61 Å². The van der Waals surface area contributed by atoms with E-state index in [1.54, 1.807) is 0 Å². The summed E-state index contributed by atoms with van der Waals surface area (Å²) in [6.45, 7) is 8.93. The first-order valence-corrected chi connectivity index (χ1v) is 16.9. The van der Waals surface area contributed by atoms with Gasteiger partial charge in [-0.05, 0) is 103 Å². The first kappa shape index (κ1) is 30.4. The second-order valence-corrected chi connectivity index (χ2v) is 15.4. The highest BCUT2D eigenvalue weighted by Crippen LogP contribution is 2.67. The zero-order valence-corrected chi connectivity index (χ0v) is 24.7. The molecule has 9 nitrogen and oxygen atoms in total. The average molecular weight is 579 g/mol. The summed E-state index contributed by atoms with van der Waals surface area (Å²) in [7, 11) is -9.14. The van der Waals surface area contributed by atoms with Gasteiger partial charge in [0.1, 0.15) is 12.2 Å². The Hall–Kier alpha value is -0.560. The van der Waals surface area contributed by atoms with Crippen molar-refractivity contribution in [2.75, 3.05) is 6.61 Å². The van der Waals surface area contributed by atoms with E-state index in [-0.39, 0.29) is 23.4 Å². The molecule has 4 aliphatic rings. The molecular weight excluding hydrogens is 532 g/mol. The maximum absolute atomic E-state index is 11.4. The molecule has 4 aliphatic carbocycles. The predicted octanol–water partition coefficient (Wildman–Crippen LogP) is 4.99. The average Bonchev–Trinajstić information content (AvgIpc) is 3.14. The lowest BCUT2D eigenvalue weighted by atomic mass is 9.46. The van der Waals surface area contributed by atoms with Gasteiger partial charge in [-0.1, -0.05) is 46.6 Å². The molecule has 4 rings (SSSR count). The molecular formula is C27H46O9S2. The molecule has 3 fully saturated rings. The second-order valence-electron chi connectivity index (χ2n) is 13.3. The van der Waals surface area contributed by atoms with E-state index in [0.717, 1.165) is 56.9 Å². The molecule has 0 aromatic rings. The Labute approximate surface area is 228 Å². The van der Waals surface area contributed by atoms with Crippen molar-refractivity contribution in [3.63, 3.8) is 0 Å². The van der Waals surface area contributed by atoms with E-state index >= 15 is 0 Å². The van der Waals surface area contributed by atoms with Crippen LogP contribution in [0.3, 0.4) is 0 Å². The molecule has 0 heterocycles. The van der Waals surface area contributed by atoms with Gasteiger partial charge in [-0.15, -0.1) is 0 Å². The second kappa shape index (κ2) is 11.0. The Balaban J connectivity index is 1.54. The van der Waals surface area contributed by atoms with Crippen molar-refractivity contribution in [3.05, 3.63) is 11.6 Å². The minimum absolute atomic E-state index is 0.0150. The topological polar surface area (TPSA) is 147 Å². The summed E-state index contributed by atoms with van der Waals surface area (Å²) in [5.74, 6) is 2.18. The summed E-state index contributed by atoms with van der Waals surface area (Å²) in [6.07, 6.45) is 8.88. The quantitative estimate of drug-likeness (QED) is 0.241. The van der Waals surface area contributed by atoms with Crippen LogP contribution in [0.4, 0.5) is 0 Å². The molecule has 0 saturated heterocycles. The fourth-order valence-corrected chi connectivity index (χ4v) is 10.0. The molecule has 0 aliphatic heterocycles. The summed E-state index contributed by atoms with van der Waals surface area (Å²) in [5, 5.41) is 11.0. The molecule has 0 unspecified atom stereocenters. The zero-order valence-electron chi connectivity index (χ0n) is 23.1. The summed E-state index contributed by atoms with van der Waals surface area (Å²) >= 11 is 0. The summed E-state index contributed by atoms with van der Waals surface area (Å²) < 4.78 is 73.7. The van der Waals surface area contributed by atoms with Crippen molar-refractivity contribution < 1.29 is 39.4 Å². The highest BCUT2D eigenvalue weighted by molar-refractivity contribution is 7.81. The first-order valence-electron chi connectivity index (χ1n) is 14.2. The molecule has 220 valence electrons. The number of hydrogen-bond acceptors (Lipinski definition) is 7. The predicted molar refractivity (Wildman–Crippen MR) is 143 cm³/mol. The Morgan fingerprint density at radius 1 is 0.974 bits per heavy atom. The van der Waals surface area contributed by atoms with Crippen LogP contribution in [0.25, 0.3) is 0 Å². The molecule has 0 radical (unpaired) electrons. The van der Waals surface area contributed by atoms with Crippen LogP contribution in [-0.4, -0.2) is 49.9 Å². The maximum atomic E-state index is 11.4. The minimum atomic E-state index is -4.65. The van der Waals surface area contributed by atoms with Crippen LogP contribution in [0.1, 0.15) is 91.9 Å². The summed E-state index contributed by atoms with van der Waals surface area (Å²) in [4.78, 5) is 0. The number of aliphatic hydroxyl groups excluding tert-OH is 1. The monoisotopic (exact) mass is 578 g/mol. The van der Waals surface area contributed by atoms with Crippen molar-refractivity contribution in [1.82, 2.24) is 0 Å². The molecule has 11 heteroatoms. The Kier molecular flexibility index (Phi) is 8.82. The van der Waals surface area contributed by atoms with Crippen molar-refractivity contribution in [2.45, 2.75) is 104 Å². The highest BCUT2D eigenvalue weighted by atomic mass is 32.3. The largest absolute Gasteiger partial charge is 0.397 e. The lowest BCUT2D eigenvalue weighted by Crippen LogP contribution is -2.54. The lowest BCUT2D eigenvalue weighted by Gasteiger charge is -2.59. The standard InChI is InChI=1S/C27H46O9S2/c1-17(2)6-5-7-18(16-35-37(29,30)31)20-10-11-21-19-8-9-23-25(28)24(36-38(32,33)34)13-15-27(23,4)22(19)12-14-26(20,21)3/h9,17-22,24-25,28H,5-8,10-16H2,1-4H3,(H,29,30,31)(H,32,33,34)/t18-,19-,20+,21-,22-,24+,25+,26+,27+/m0/s1. The first-order chi connectivity index (χ1) is 17.6. The molecule has 3 saturated carbocycles. The number of fused-ring (bicyclic) bond motifs is 5. The maximum Gasteiger partial charge on any atom is 0.397 e. The molecule has 0 spiro atoms. The summed E-state index contributed by atoms with van der Waals surface area (Å²) in [6, 6.07) is 0. The van der Waals surface area contributed by atoms with Gasteiger partial charge < -0.3 is 5.11 Å². The molecule has 0 aromatic heterocycles. The lowest BCUT2D eigenvalue weighted by molar-refractivity contribution is -0.0788. The highest BCUT2D eigenvalue weighted by Gasteiger charge is 2.60. The van der Waals surface area contributed by atoms with Gasteiger partial charge in [0.25, 0.3) is 0 Å². The minimum Gasteiger partial charge on any atom is -0.386 e. The fraction of sp³-hybridized carbons (Fsp3) is 0.926. The third kappa shape index (κ3) is 6.19. The van der Waals surface area contributed by atoms with Crippen LogP contribution in [0.15, 0.2) is 11.6 Å². The van der Waals surface area contributed by atoms with Gasteiger partial charge in [-0.25, -0.2) is 8.37 Å². The molecule has 0 bridgehead atoms. The fourth-order valence-electron chi connectivity index (χ4n) is 9.14. The van der Waals surface area contributed by atoms with Crippen molar-refractivity contribution in [3.8, 4) is 0 Å². The molecule has 3 N–H and O–H groups in total. The third-order valence-corrected chi connectivity index (χ3v) is 11.7. The molecule has 38 heavy (non-hydrogen) atoms. The van der Waals surface area contributed by atoms with Gasteiger partial charge in [0.2, 0.25) is 0 Å². The Morgan fingerprint density at radius 3 is 2.32 bits per heavy atom. The Morgan fingerprint density at radius 2 is 1.68 bits per heavy atom. The van der Waals surface area contributed by atoms with Crippen molar-refractivity contribution in [2.24, 2.45) is 46.3 Å². The Bertz CT molecular complexity index is 1100. The van der Waals surface area contributed by atoms with E-state index in [2.05, 4.69) is 33.8 Å². The van der Waals surface area contributed by atoms with E-state index < -0.39 is 33.0 Å². The van der Waals surface area contributed by atoms with Crippen molar-refractivity contribution >= 4 is 20.8 Å². The third-order valence-electron chi connectivity index (χ3n) is 10.8. The van der Waals surface area contributed by atoms with E-state index in [1.807, 2.05) is 0 Å². The normalized spacial score (nSPS) is 40.3. The van der Waals surface area contributed by atoms with Crippen LogP contribution in [0.5, 0.6) is 0 Å². The molecule has 9 atom stereocenters. The smallest absolute Gasteiger partial charge is 0.386 e. The van der Waals surface area contributed by atoms with E-state index in [4.69, 9.17) is 12.9 Å². The van der Waals surface area contributed by atoms with Crippen LogP contribution >= 0.6 is 0 Å². The van der Waals surface area contributed by atoms with Gasteiger partial charge in [-0.2, -0.15) is 16.8 Å². The summed E-state index contributed by atoms with van der Waals surface area (Å²) in [5.41, 5.74) is 0.619. The van der Waals surface area contributed by atoms with Crippen LogP contribution in [0.2, 0.25) is 0 Å². The van der Waals surface area contributed by atoms with Crippen molar-refractivity contribution in [1.29, 1.82) is 0 Å². The van der Waals surface area contributed by atoms with E-state index in [1.165, 1.54) is 0 Å². The number of rotatable bonds is 10. The number of aliphatic hydroxyl groups is 1. The zero-order chi connectivity index (χ0) is 28.1. The van der Waals surface area contributed by atoms with Gasteiger partial charge in [0, 0.05) is 0 Å². The van der Waals surface area contributed by atoms with Crippen LogP contribution < -0.4 is 0 Å². The van der Waals surface area contributed by atoms with Gasteiger partial charge in [0.15, 0.2) is 0 Å². The SMILES string of the molecule is CC(C)CCC[C@@H](COS(=O)(=O)O)[C@H]1CC[C@H]2[C@@H]3CC=C4[C@@H](O)[C@H](OS(=O)(=O)O)CC[C@]4(C)[C@H]3CC[C@]12C. The van der Waals surface area contributed by atoms with E-state index in [9.17, 15) is 26.5 Å². The number of hydrogen-bond donors (Lipinski definition) is 3. The van der Waals surface area contributed by atoms with Gasteiger partial charge in [-0.3, -0.25) is 9.11 Å².